The van der Waals surface area contributed by atoms with E-state index in [1.165, 1.54) is 0 Å². The summed E-state index contributed by atoms with van der Waals surface area (Å²) >= 11 is 0. The molecule has 0 unspecified atom stereocenters. The van der Waals surface area contributed by atoms with Gasteiger partial charge < -0.3 is 18.6 Å². The van der Waals surface area contributed by atoms with Crippen molar-refractivity contribution in [2.75, 3.05) is 13.7 Å². The fourth-order valence-corrected chi connectivity index (χ4v) is 2.76. The number of esters is 2. The second-order valence-electron chi connectivity index (χ2n) is 5.82. The first-order valence-electron chi connectivity index (χ1n) is 8.58. The number of hydrogen-bond donors (Lipinski definition) is 0. The largest absolute Gasteiger partial charge is 0.497 e. The maximum atomic E-state index is 12.2. The van der Waals surface area contributed by atoms with Crippen LogP contribution in [-0.4, -0.2) is 25.7 Å². The number of para-hydroxylation sites is 1. The molecule has 0 aliphatic carbocycles. The summed E-state index contributed by atoms with van der Waals surface area (Å²) in [4.78, 5) is 24.4. The van der Waals surface area contributed by atoms with Gasteiger partial charge in [0.25, 0.3) is 0 Å². The average Bonchev–Trinajstić information content (AvgIpc) is 3.05. The number of carbonyl (C=O) groups is 2. The monoisotopic (exact) mass is 368 g/mol. The van der Waals surface area contributed by atoms with Crippen molar-refractivity contribution in [3.8, 4) is 5.75 Å². The zero-order chi connectivity index (χ0) is 19.2. The van der Waals surface area contributed by atoms with E-state index in [0.717, 1.165) is 10.9 Å². The van der Waals surface area contributed by atoms with Crippen molar-refractivity contribution in [1.82, 2.24) is 0 Å². The van der Waals surface area contributed by atoms with Crippen LogP contribution in [0.25, 0.3) is 11.0 Å². The minimum Gasteiger partial charge on any atom is -0.497 e. The average molecular weight is 368 g/mol. The second kappa shape index (κ2) is 8.40. The van der Waals surface area contributed by atoms with E-state index in [-0.39, 0.29) is 25.4 Å². The standard InChI is InChI=1S/C21H20O6/c1-3-25-21(23)20-17(16-9-4-5-10-18(16)27-20)13-26-19(22)12-14-7-6-8-15(11-14)24-2/h4-11H,3,12-13H2,1-2H3. The van der Waals surface area contributed by atoms with Crippen LogP contribution in [0.2, 0.25) is 0 Å². The van der Waals surface area contributed by atoms with Gasteiger partial charge in [-0.1, -0.05) is 30.3 Å². The molecule has 0 saturated heterocycles. The van der Waals surface area contributed by atoms with Crippen LogP contribution in [-0.2, 0) is 27.3 Å². The molecule has 2 aromatic carbocycles. The number of furan rings is 1. The van der Waals surface area contributed by atoms with Gasteiger partial charge in [0.2, 0.25) is 5.76 Å². The highest BCUT2D eigenvalue weighted by Gasteiger charge is 2.22. The summed E-state index contributed by atoms with van der Waals surface area (Å²) in [5.41, 5.74) is 1.82. The van der Waals surface area contributed by atoms with E-state index in [0.29, 0.717) is 16.9 Å². The van der Waals surface area contributed by atoms with Gasteiger partial charge in [-0.05, 0) is 30.7 Å². The molecule has 140 valence electrons. The Labute approximate surface area is 156 Å². The Hall–Kier alpha value is -3.28. The molecule has 0 saturated carbocycles. The highest BCUT2D eigenvalue weighted by Crippen LogP contribution is 2.27. The topological polar surface area (TPSA) is 75.0 Å². The molecular weight excluding hydrogens is 348 g/mol. The molecule has 27 heavy (non-hydrogen) atoms. The van der Waals surface area contributed by atoms with E-state index in [2.05, 4.69) is 0 Å². The van der Waals surface area contributed by atoms with E-state index in [1.807, 2.05) is 24.3 Å². The lowest BCUT2D eigenvalue weighted by Gasteiger charge is -2.07. The van der Waals surface area contributed by atoms with Crippen LogP contribution in [0.3, 0.4) is 0 Å². The normalized spacial score (nSPS) is 10.6. The lowest BCUT2D eigenvalue weighted by atomic mass is 10.1. The molecule has 0 aliphatic rings. The zero-order valence-corrected chi connectivity index (χ0v) is 15.2. The molecule has 1 aromatic heterocycles. The number of carbonyl (C=O) groups excluding carboxylic acids is 2. The van der Waals surface area contributed by atoms with E-state index < -0.39 is 11.9 Å². The Bertz CT molecular complexity index is 956. The Morgan fingerprint density at radius 2 is 1.85 bits per heavy atom. The molecule has 0 radical (unpaired) electrons. The fourth-order valence-electron chi connectivity index (χ4n) is 2.76. The summed E-state index contributed by atoms with van der Waals surface area (Å²) in [6.07, 6.45) is 0.0989. The first-order chi connectivity index (χ1) is 13.1. The molecule has 0 fully saturated rings. The van der Waals surface area contributed by atoms with Gasteiger partial charge in [-0.15, -0.1) is 0 Å². The number of hydrogen-bond acceptors (Lipinski definition) is 6. The first-order valence-corrected chi connectivity index (χ1v) is 8.58. The number of methoxy groups -OCH3 is 1. The van der Waals surface area contributed by atoms with Gasteiger partial charge in [0, 0.05) is 5.39 Å². The summed E-state index contributed by atoms with van der Waals surface area (Å²) < 4.78 is 21.2. The molecule has 0 spiro atoms. The van der Waals surface area contributed by atoms with Crippen molar-refractivity contribution >= 4 is 22.9 Å². The third-order valence-corrected chi connectivity index (χ3v) is 4.02. The molecule has 1 heterocycles. The van der Waals surface area contributed by atoms with Crippen LogP contribution < -0.4 is 4.74 Å². The van der Waals surface area contributed by atoms with Gasteiger partial charge in [-0.3, -0.25) is 4.79 Å². The van der Waals surface area contributed by atoms with E-state index >= 15 is 0 Å². The van der Waals surface area contributed by atoms with Crippen molar-refractivity contribution in [2.24, 2.45) is 0 Å². The summed E-state index contributed by atoms with van der Waals surface area (Å²) in [7, 11) is 1.57. The molecule has 3 rings (SSSR count). The molecule has 0 amide bonds. The van der Waals surface area contributed by atoms with Crippen LogP contribution in [0.1, 0.15) is 28.6 Å². The molecule has 0 atom stereocenters. The van der Waals surface area contributed by atoms with Gasteiger partial charge in [-0.25, -0.2) is 4.79 Å². The Morgan fingerprint density at radius 1 is 1.04 bits per heavy atom. The van der Waals surface area contributed by atoms with Crippen molar-refractivity contribution < 1.29 is 28.2 Å². The smallest absolute Gasteiger partial charge is 0.374 e. The third-order valence-electron chi connectivity index (χ3n) is 4.02. The quantitative estimate of drug-likeness (QED) is 0.589. The van der Waals surface area contributed by atoms with Crippen LogP contribution in [0, 0.1) is 0 Å². The van der Waals surface area contributed by atoms with Crippen LogP contribution in [0.4, 0.5) is 0 Å². The summed E-state index contributed by atoms with van der Waals surface area (Å²) in [5, 5.41) is 0.717. The summed E-state index contributed by atoms with van der Waals surface area (Å²) in [6.45, 7) is 1.87. The van der Waals surface area contributed by atoms with Gasteiger partial charge in [-0.2, -0.15) is 0 Å². The van der Waals surface area contributed by atoms with Crippen LogP contribution in [0.15, 0.2) is 52.9 Å². The van der Waals surface area contributed by atoms with Crippen molar-refractivity contribution in [3.05, 3.63) is 65.4 Å². The fraction of sp³-hybridized carbons (Fsp3) is 0.238. The van der Waals surface area contributed by atoms with Crippen LogP contribution >= 0.6 is 0 Å². The number of benzene rings is 2. The van der Waals surface area contributed by atoms with Gasteiger partial charge >= 0.3 is 11.9 Å². The number of rotatable bonds is 7. The van der Waals surface area contributed by atoms with Gasteiger partial charge in [0.05, 0.1) is 25.7 Å². The lowest BCUT2D eigenvalue weighted by Crippen LogP contribution is -2.11. The Morgan fingerprint density at radius 3 is 2.63 bits per heavy atom. The number of fused-ring (bicyclic) bond motifs is 1. The maximum Gasteiger partial charge on any atom is 0.374 e. The minimum atomic E-state index is -0.576. The Kier molecular flexibility index (Phi) is 5.76. The van der Waals surface area contributed by atoms with E-state index in [4.69, 9.17) is 18.6 Å². The second-order valence-corrected chi connectivity index (χ2v) is 5.82. The molecule has 3 aromatic rings. The van der Waals surface area contributed by atoms with Gasteiger partial charge in [0.1, 0.15) is 17.9 Å². The minimum absolute atomic E-state index is 0.0623. The van der Waals surface area contributed by atoms with Gasteiger partial charge in [0.15, 0.2) is 0 Å². The summed E-state index contributed by atoms with van der Waals surface area (Å²) in [6, 6.07) is 14.4. The number of ether oxygens (including phenoxy) is 3. The van der Waals surface area contributed by atoms with Crippen LogP contribution in [0.5, 0.6) is 5.75 Å². The molecular formula is C21H20O6. The molecule has 6 heteroatoms. The lowest BCUT2D eigenvalue weighted by molar-refractivity contribution is -0.144. The predicted molar refractivity (Wildman–Crippen MR) is 98.7 cm³/mol. The molecule has 0 N–H and O–H groups in total. The zero-order valence-electron chi connectivity index (χ0n) is 15.2. The SMILES string of the molecule is CCOC(=O)c1oc2ccccc2c1COC(=O)Cc1cccc(OC)c1. The highest BCUT2D eigenvalue weighted by atomic mass is 16.5. The molecule has 0 aliphatic heterocycles. The van der Waals surface area contributed by atoms with Crippen molar-refractivity contribution in [2.45, 2.75) is 20.0 Å². The molecule has 6 nitrogen and oxygen atoms in total. The third kappa shape index (κ3) is 4.28. The predicted octanol–water partition coefficient (Wildman–Crippen LogP) is 3.90. The Balaban J connectivity index is 1.76. The van der Waals surface area contributed by atoms with E-state index in [9.17, 15) is 9.59 Å². The van der Waals surface area contributed by atoms with E-state index in [1.54, 1.807) is 38.3 Å². The summed E-state index contributed by atoms with van der Waals surface area (Å²) in [5.74, 6) is -0.256. The highest BCUT2D eigenvalue weighted by molar-refractivity contribution is 5.96. The molecule has 0 bridgehead atoms. The first kappa shape index (κ1) is 18.5. The van der Waals surface area contributed by atoms with Crippen molar-refractivity contribution in [1.29, 1.82) is 0 Å². The van der Waals surface area contributed by atoms with Crippen molar-refractivity contribution in [3.63, 3.8) is 0 Å². The maximum absolute atomic E-state index is 12.2.